The molecule has 1 rings (SSSR count). The quantitative estimate of drug-likeness (QED) is 0.732. The van der Waals surface area contributed by atoms with Crippen molar-refractivity contribution in [3.8, 4) is 5.75 Å². The number of benzene rings is 1. The fourth-order valence-corrected chi connectivity index (χ4v) is 1.40. The molecule has 0 amide bonds. The molecule has 0 aliphatic rings. The highest BCUT2D eigenvalue weighted by Crippen LogP contribution is 2.08. The van der Waals surface area contributed by atoms with Gasteiger partial charge in [0.25, 0.3) is 0 Å². The first kappa shape index (κ1) is 13.5. The molecule has 4 nitrogen and oxygen atoms in total. The van der Waals surface area contributed by atoms with Crippen molar-refractivity contribution in [1.29, 1.82) is 0 Å². The normalized spacial score (nSPS) is 11.9. The standard InChI is InChI=1S/C13H19NO3/c1-3-14-12(13(15)16-4-2)10-17-11-8-6-5-7-9-11/h5-9,12,14H,3-4,10H2,1-2H3. The summed E-state index contributed by atoms with van der Waals surface area (Å²) in [5.74, 6) is 0.477. The Bertz CT molecular complexity index is 327. The van der Waals surface area contributed by atoms with Crippen molar-refractivity contribution >= 4 is 5.97 Å². The molecule has 94 valence electrons. The van der Waals surface area contributed by atoms with E-state index in [0.29, 0.717) is 13.2 Å². The Kier molecular flexibility index (Phi) is 6.10. The van der Waals surface area contributed by atoms with E-state index in [1.54, 1.807) is 6.92 Å². The molecule has 17 heavy (non-hydrogen) atoms. The summed E-state index contributed by atoms with van der Waals surface area (Å²) in [5, 5.41) is 3.04. The maximum absolute atomic E-state index is 11.6. The summed E-state index contributed by atoms with van der Waals surface area (Å²) in [4.78, 5) is 11.6. The first-order valence-electron chi connectivity index (χ1n) is 5.85. The van der Waals surface area contributed by atoms with Crippen LogP contribution in [0.15, 0.2) is 30.3 Å². The second-order valence-corrected chi connectivity index (χ2v) is 3.49. The van der Waals surface area contributed by atoms with Crippen molar-refractivity contribution in [2.24, 2.45) is 0 Å². The molecular formula is C13H19NO3. The van der Waals surface area contributed by atoms with Crippen molar-refractivity contribution in [2.75, 3.05) is 19.8 Å². The second kappa shape index (κ2) is 7.68. The molecule has 1 unspecified atom stereocenters. The highest BCUT2D eigenvalue weighted by molar-refractivity contribution is 5.76. The molecule has 1 N–H and O–H groups in total. The van der Waals surface area contributed by atoms with Crippen LogP contribution in [0.5, 0.6) is 5.75 Å². The van der Waals surface area contributed by atoms with Crippen molar-refractivity contribution in [1.82, 2.24) is 5.32 Å². The zero-order valence-electron chi connectivity index (χ0n) is 10.3. The van der Waals surface area contributed by atoms with Crippen LogP contribution in [0.3, 0.4) is 0 Å². The molecule has 0 heterocycles. The zero-order valence-corrected chi connectivity index (χ0v) is 10.3. The zero-order chi connectivity index (χ0) is 12.5. The van der Waals surface area contributed by atoms with E-state index in [9.17, 15) is 4.79 Å². The minimum Gasteiger partial charge on any atom is -0.491 e. The lowest BCUT2D eigenvalue weighted by atomic mass is 10.3. The molecule has 0 fully saturated rings. The summed E-state index contributed by atoms with van der Waals surface area (Å²) in [7, 11) is 0. The van der Waals surface area contributed by atoms with Gasteiger partial charge in [-0.1, -0.05) is 25.1 Å². The molecule has 0 aromatic heterocycles. The largest absolute Gasteiger partial charge is 0.491 e. The monoisotopic (exact) mass is 237 g/mol. The summed E-state index contributed by atoms with van der Waals surface area (Å²) in [6.07, 6.45) is 0. The van der Waals surface area contributed by atoms with Crippen molar-refractivity contribution in [2.45, 2.75) is 19.9 Å². The summed E-state index contributed by atoms with van der Waals surface area (Å²) in [6, 6.07) is 8.99. The maximum atomic E-state index is 11.6. The van der Waals surface area contributed by atoms with E-state index in [1.807, 2.05) is 37.3 Å². The molecule has 1 aromatic rings. The van der Waals surface area contributed by atoms with Crippen molar-refractivity contribution < 1.29 is 14.3 Å². The lowest BCUT2D eigenvalue weighted by Gasteiger charge is -2.16. The van der Waals surface area contributed by atoms with Gasteiger partial charge in [0, 0.05) is 0 Å². The molecule has 0 aliphatic carbocycles. The Labute approximate surface area is 102 Å². The summed E-state index contributed by atoms with van der Waals surface area (Å²) in [6.45, 7) is 5.08. The van der Waals surface area contributed by atoms with E-state index in [-0.39, 0.29) is 12.6 Å². The average Bonchev–Trinajstić information content (AvgIpc) is 2.36. The predicted molar refractivity (Wildman–Crippen MR) is 66.0 cm³/mol. The predicted octanol–water partition coefficient (Wildman–Crippen LogP) is 1.61. The molecule has 0 radical (unpaired) electrons. The molecule has 0 saturated carbocycles. The third kappa shape index (κ3) is 4.87. The smallest absolute Gasteiger partial charge is 0.326 e. The summed E-state index contributed by atoms with van der Waals surface area (Å²) < 4.78 is 10.5. The highest BCUT2D eigenvalue weighted by Gasteiger charge is 2.19. The van der Waals surface area contributed by atoms with Gasteiger partial charge in [0.05, 0.1) is 6.61 Å². The van der Waals surface area contributed by atoms with Gasteiger partial charge in [0.1, 0.15) is 18.4 Å². The number of para-hydroxylation sites is 1. The van der Waals surface area contributed by atoms with Crippen LogP contribution in [-0.4, -0.2) is 31.8 Å². The van der Waals surface area contributed by atoms with Crippen LogP contribution in [0.1, 0.15) is 13.8 Å². The minimum absolute atomic E-state index is 0.273. The van der Waals surface area contributed by atoms with Gasteiger partial charge < -0.3 is 14.8 Å². The first-order valence-corrected chi connectivity index (χ1v) is 5.85. The number of hydrogen-bond donors (Lipinski definition) is 1. The summed E-state index contributed by atoms with van der Waals surface area (Å²) in [5.41, 5.74) is 0. The molecule has 4 heteroatoms. The lowest BCUT2D eigenvalue weighted by molar-refractivity contribution is -0.146. The number of hydrogen-bond acceptors (Lipinski definition) is 4. The van der Waals surface area contributed by atoms with Crippen LogP contribution in [0, 0.1) is 0 Å². The van der Waals surface area contributed by atoms with Crippen molar-refractivity contribution in [3.05, 3.63) is 30.3 Å². The van der Waals surface area contributed by atoms with Crippen LogP contribution in [0.25, 0.3) is 0 Å². The highest BCUT2D eigenvalue weighted by atomic mass is 16.5. The number of esters is 1. The van der Waals surface area contributed by atoms with E-state index < -0.39 is 6.04 Å². The van der Waals surface area contributed by atoms with Crippen molar-refractivity contribution in [3.63, 3.8) is 0 Å². The van der Waals surface area contributed by atoms with Gasteiger partial charge in [-0.05, 0) is 25.6 Å². The molecular weight excluding hydrogens is 218 g/mol. The van der Waals surface area contributed by atoms with Crippen LogP contribution < -0.4 is 10.1 Å². The topological polar surface area (TPSA) is 47.6 Å². The fourth-order valence-electron chi connectivity index (χ4n) is 1.40. The van der Waals surface area contributed by atoms with Gasteiger partial charge in [0.15, 0.2) is 0 Å². The number of nitrogens with one attached hydrogen (secondary N) is 1. The second-order valence-electron chi connectivity index (χ2n) is 3.49. The van der Waals surface area contributed by atoms with Gasteiger partial charge in [-0.3, -0.25) is 4.79 Å². The lowest BCUT2D eigenvalue weighted by Crippen LogP contribution is -2.42. The van der Waals surface area contributed by atoms with Crippen LogP contribution in [0.4, 0.5) is 0 Å². The molecule has 0 aliphatic heterocycles. The Morgan fingerprint density at radius 1 is 1.29 bits per heavy atom. The Balaban J connectivity index is 2.47. The Hall–Kier alpha value is -1.55. The molecule has 0 bridgehead atoms. The number of ether oxygens (including phenoxy) is 2. The maximum Gasteiger partial charge on any atom is 0.326 e. The number of carbonyl (C=O) groups is 1. The average molecular weight is 237 g/mol. The van der Waals surface area contributed by atoms with Gasteiger partial charge >= 0.3 is 5.97 Å². The van der Waals surface area contributed by atoms with Crippen LogP contribution in [-0.2, 0) is 9.53 Å². The number of likely N-dealkylation sites (N-methyl/N-ethyl adjacent to an activating group) is 1. The summed E-state index contributed by atoms with van der Waals surface area (Å²) >= 11 is 0. The van der Waals surface area contributed by atoms with Gasteiger partial charge in [-0.25, -0.2) is 0 Å². The van der Waals surface area contributed by atoms with Crippen LogP contribution >= 0.6 is 0 Å². The Morgan fingerprint density at radius 2 is 2.00 bits per heavy atom. The van der Waals surface area contributed by atoms with E-state index in [1.165, 1.54) is 0 Å². The number of rotatable bonds is 7. The van der Waals surface area contributed by atoms with Gasteiger partial charge in [0.2, 0.25) is 0 Å². The minimum atomic E-state index is -0.417. The van der Waals surface area contributed by atoms with E-state index in [0.717, 1.165) is 5.75 Å². The third-order valence-electron chi connectivity index (χ3n) is 2.18. The van der Waals surface area contributed by atoms with Gasteiger partial charge in [-0.15, -0.1) is 0 Å². The molecule has 0 saturated heterocycles. The fraction of sp³-hybridized carbons (Fsp3) is 0.462. The van der Waals surface area contributed by atoms with E-state index >= 15 is 0 Å². The number of carbonyl (C=O) groups excluding carboxylic acids is 1. The van der Waals surface area contributed by atoms with Gasteiger partial charge in [-0.2, -0.15) is 0 Å². The first-order chi connectivity index (χ1) is 8.27. The molecule has 1 atom stereocenters. The Morgan fingerprint density at radius 3 is 2.59 bits per heavy atom. The third-order valence-corrected chi connectivity index (χ3v) is 2.18. The van der Waals surface area contributed by atoms with E-state index in [4.69, 9.17) is 9.47 Å². The van der Waals surface area contributed by atoms with E-state index in [2.05, 4.69) is 5.32 Å². The van der Waals surface area contributed by atoms with Crippen LogP contribution in [0.2, 0.25) is 0 Å². The molecule has 0 spiro atoms. The molecule has 1 aromatic carbocycles. The SMILES string of the molecule is CCNC(COc1ccccc1)C(=O)OCC.